The van der Waals surface area contributed by atoms with E-state index in [2.05, 4.69) is 31.1 Å². The summed E-state index contributed by atoms with van der Waals surface area (Å²) in [5.74, 6) is 1.26. The summed E-state index contributed by atoms with van der Waals surface area (Å²) >= 11 is 0. The molecule has 0 atom stereocenters. The Balaban J connectivity index is 1.75. The molecule has 0 bridgehead atoms. The Labute approximate surface area is 110 Å². The molecule has 0 fully saturated rings. The number of carbonyl (C=O) groups is 1. The Morgan fingerprint density at radius 1 is 1.42 bits per heavy atom. The average molecular weight is 264 g/mol. The van der Waals surface area contributed by atoms with Crippen molar-refractivity contribution in [2.75, 3.05) is 11.9 Å². The standard InChI is InChI=1S/C10H16N8O/c1-3-18-7-12-15-9(18)4-5-11-10(19)13-8-6-17(2)16-14-8/h6-7H,3-5H2,1-2H3,(H2,11,13,19). The van der Waals surface area contributed by atoms with Gasteiger partial charge in [-0.25, -0.2) is 4.79 Å². The van der Waals surface area contributed by atoms with Gasteiger partial charge in [0.05, 0.1) is 6.20 Å². The van der Waals surface area contributed by atoms with Crippen LogP contribution in [0.25, 0.3) is 0 Å². The molecule has 0 saturated carbocycles. The van der Waals surface area contributed by atoms with E-state index in [1.807, 2.05) is 11.5 Å². The van der Waals surface area contributed by atoms with E-state index in [1.54, 1.807) is 19.6 Å². The molecule has 2 N–H and O–H groups in total. The Morgan fingerprint density at radius 3 is 2.95 bits per heavy atom. The van der Waals surface area contributed by atoms with Gasteiger partial charge in [0.1, 0.15) is 12.2 Å². The molecule has 0 saturated heterocycles. The first-order valence-corrected chi connectivity index (χ1v) is 5.97. The van der Waals surface area contributed by atoms with Crippen molar-refractivity contribution in [1.82, 2.24) is 35.1 Å². The van der Waals surface area contributed by atoms with Gasteiger partial charge in [0.15, 0.2) is 5.82 Å². The third-order valence-electron chi connectivity index (χ3n) is 2.51. The summed E-state index contributed by atoms with van der Waals surface area (Å²) in [6, 6.07) is -0.317. The van der Waals surface area contributed by atoms with Crippen molar-refractivity contribution in [2.45, 2.75) is 19.9 Å². The van der Waals surface area contributed by atoms with Crippen molar-refractivity contribution < 1.29 is 4.79 Å². The van der Waals surface area contributed by atoms with Crippen molar-refractivity contribution in [3.05, 3.63) is 18.3 Å². The second-order valence-electron chi connectivity index (χ2n) is 3.94. The summed E-state index contributed by atoms with van der Waals surface area (Å²) in [6.07, 6.45) is 3.92. The van der Waals surface area contributed by atoms with Gasteiger partial charge >= 0.3 is 6.03 Å². The van der Waals surface area contributed by atoms with Gasteiger partial charge in [-0.05, 0) is 6.92 Å². The summed E-state index contributed by atoms with van der Waals surface area (Å²) < 4.78 is 3.45. The summed E-state index contributed by atoms with van der Waals surface area (Å²) in [4.78, 5) is 11.6. The lowest BCUT2D eigenvalue weighted by atomic mass is 10.4. The molecule has 0 unspecified atom stereocenters. The van der Waals surface area contributed by atoms with Crippen LogP contribution in [-0.2, 0) is 20.0 Å². The average Bonchev–Trinajstić information content (AvgIpc) is 2.98. The fraction of sp³-hybridized carbons (Fsp3) is 0.500. The third kappa shape index (κ3) is 3.50. The number of hydrogen-bond acceptors (Lipinski definition) is 5. The minimum Gasteiger partial charge on any atom is -0.337 e. The van der Waals surface area contributed by atoms with Gasteiger partial charge in [-0.2, -0.15) is 0 Å². The van der Waals surface area contributed by atoms with E-state index >= 15 is 0 Å². The van der Waals surface area contributed by atoms with Crippen LogP contribution in [0.1, 0.15) is 12.7 Å². The van der Waals surface area contributed by atoms with Gasteiger partial charge in [-0.15, -0.1) is 15.3 Å². The minimum atomic E-state index is -0.317. The lowest BCUT2D eigenvalue weighted by molar-refractivity contribution is 0.252. The van der Waals surface area contributed by atoms with Gasteiger partial charge in [0.2, 0.25) is 0 Å². The molecule has 0 aliphatic heterocycles. The summed E-state index contributed by atoms with van der Waals surface area (Å²) in [5, 5.41) is 20.6. The first-order chi connectivity index (χ1) is 9.19. The van der Waals surface area contributed by atoms with Gasteiger partial charge in [0.25, 0.3) is 0 Å². The molecule has 2 heterocycles. The first-order valence-electron chi connectivity index (χ1n) is 5.97. The van der Waals surface area contributed by atoms with Crippen molar-refractivity contribution in [2.24, 2.45) is 7.05 Å². The van der Waals surface area contributed by atoms with Crippen molar-refractivity contribution in [3.63, 3.8) is 0 Å². The highest BCUT2D eigenvalue weighted by Gasteiger charge is 2.06. The van der Waals surface area contributed by atoms with E-state index in [1.165, 1.54) is 4.68 Å². The molecule has 2 aromatic rings. The molecule has 0 radical (unpaired) electrons. The SMILES string of the molecule is CCn1cnnc1CCNC(=O)Nc1cn(C)nn1. The number of urea groups is 1. The highest BCUT2D eigenvalue weighted by atomic mass is 16.2. The molecule has 0 aromatic carbocycles. The maximum atomic E-state index is 11.6. The number of anilines is 1. The zero-order valence-electron chi connectivity index (χ0n) is 10.9. The molecule has 9 heteroatoms. The number of carbonyl (C=O) groups excluding carboxylic acids is 1. The van der Waals surface area contributed by atoms with Crippen molar-refractivity contribution in [1.29, 1.82) is 0 Å². The predicted molar refractivity (Wildman–Crippen MR) is 67.4 cm³/mol. The predicted octanol–water partition coefficient (Wildman–Crippen LogP) is -0.209. The summed E-state index contributed by atoms with van der Waals surface area (Å²) in [7, 11) is 1.73. The highest BCUT2D eigenvalue weighted by Crippen LogP contribution is 1.98. The van der Waals surface area contributed by atoms with Crippen LogP contribution in [0.4, 0.5) is 10.6 Å². The molecule has 102 valence electrons. The number of rotatable bonds is 5. The molecule has 2 amide bonds. The number of aromatic nitrogens is 6. The maximum Gasteiger partial charge on any atom is 0.320 e. The van der Waals surface area contributed by atoms with Crippen LogP contribution in [0.3, 0.4) is 0 Å². The van der Waals surface area contributed by atoms with Crippen LogP contribution in [0.15, 0.2) is 12.5 Å². The van der Waals surface area contributed by atoms with Gasteiger partial charge in [-0.3, -0.25) is 10.00 Å². The molecule has 0 spiro atoms. The molecule has 2 rings (SSSR count). The minimum absolute atomic E-state index is 0.317. The molecule has 9 nitrogen and oxygen atoms in total. The van der Waals surface area contributed by atoms with Crippen LogP contribution in [0.5, 0.6) is 0 Å². The van der Waals surface area contributed by atoms with E-state index in [-0.39, 0.29) is 6.03 Å². The lowest BCUT2D eigenvalue weighted by Crippen LogP contribution is -2.31. The quantitative estimate of drug-likeness (QED) is 0.778. The molecular formula is C10H16N8O. The van der Waals surface area contributed by atoms with E-state index in [0.717, 1.165) is 12.4 Å². The number of nitrogens with zero attached hydrogens (tertiary/aromatic N) is 6. The zero-order valence-corrected chi connectivity index (χ0v) is 10.9. The maximum absolute atomic E-state index is 11.6. The molecule has 0 aliphatic carbocycles. The lowest BCUT2D eigenvalue weighted by Gasteiger charge is -2.05. The number of amides is 2. The van der Waals surface area contributed by atoms with Crippen LogP contribution in [-0.4, -0.2) is 42.3 Å². The third-order valence-corrected chi connectivity index (χ3v) is 2.51. The van der Waals surface area contributed by atoms with Gasteiger partial charge < -0.3 is 9.88 Å². The monoisotopic (exact) mass is 264 g/mol. The molecule has 19 heavy (non-hydrogen) atoms. The Bertz CT molecular complexity index is 545. The Kier molecular flexibility index (Phi) is 4.06. The highest BCUT2D eigenvalue weighted by molar-refractivity contribution is 5.87. The van der Waals surface area contributed by atoms with Crippen molar-refractivity contribution in [3.8, 4) is 0 Å². The number of aryl methyl sites for hydroxylation is 2. The van der Waals surface area contributed by atoms with Crippen LogP contribution >= 0.6 is 0 Å². The van der Waals surface area contributed by atoms with E-state index < -0.39 is 0 Å². The normalized spacial score (nSPS) is 10.4. The van der Waals surface area contributed by atoms with Crippen molar-refractivity contribution >= 4 is 11.8 Å². The van der Waals surface area contributed by atoms with E-state index in [0.29, 0.717) is 18.8 Å². The topological polar surface area (TPSA) is 103 Å². The van der Waals surface area contributed by atoms with Crippen LogP contribution in [0.2, 0.25) is 0 Å². The second-order valence-corrected chi connectivity index (χ2v) is 3.94. The van der Waals surface area contributed by atoms with Gasteiger partial charge in [0, 0.05) is 26.6 Å². The zero-order chi connectivity index (χ0) is 13.7. The first kappa shape index (κ1) is 13.0. The summed E-state index contributed by atoms with van der Waals surface area (Å²) in [6.45, 7) is 3.31. The van der Waals surface area contributed by atoms with E-state index in [9.17, 15) is 4.79 Å². The molecule has 0 aliphatic rings. The number of hydrogen-bond donors (Lipinski definition) is 2. The van der Waals surface area contributed by atoms with Gasteiger partial charge in [-0.1, -0.05) is 5.21 Å². The Morgan fingerprint density at radius 2 is 2.26 bits per heavy atom. The smallest absolute Gasteiger partial charge is 0.320 e. The fourth-order valence-electron chi connectivity index (χ4n) is 1.59. The fourth-order valence-corrected chi connectivity index (χ4v) is 1.59. The summed E-state index contributed by atoms with van der Waals surface area (Å²) in [5.41, 5.74) is 0. The molecule has 2 aromatic heterocycles. The van der Waals surface area contributed by atoms with E-state index in [4.69, 9.17) is 0 Å². The largest absolute Gasteiger partial charge is 0.337 e. The van der Waals surface area contributed by atoms with Crippen LogP contribution in [0, 0.1) is 0 Å². The second kappa shape index (κ2) is 5.94. The Hall–Kier alpha value is -2.45. The number of nitrogens with one attached hydrogen (secondary N) is 2. The molecular weight excluding hydrogens is 248 g/mol. The van der Waals surface area contributed by atoms with Crippen LogP contribution < -0.4 is 10.6 Å².